The summed E-state index contributed by atoms with van der Waals surface area (Å²) in [7, 11) is 1.66. The minimum absolute atomic E-state index is 0.0195. The lowest BCUT2D eigenvalue weighted by atomic mass is 9.96. The molecule has 6 heteroatoms. The molecule has 0 radical (unpaired) electrons. The average molecular weight is 486 g/mol. The standard InChI is InChI=1S/C29H31N3O2S/c1-17-8-10-20(11-9-17)23-16-24(21-12-14-22(34-4)15-13-21)31-28-25(23)26(30)27(35-28)29(33)32-18(2)6-5-7-19(32)3/h8-16,18-19H,5-7,30H2,1-4H3/t18-,19-/m0/s1. The Kier molecular flexibility index (Phi) is 6.24. The summed E-state index contributed by atoms with van der Waals surface area (Å²) in [5.41, 5.74) is 12.3. The predicted molar refractivity (Wildman–Crippen MR) is 145 cm³/mol. The van der Waals surface area contributed by atoms with Crippen LogP contribution < -0.4 is 10.5 Å². The number of hydrogen-bond donors (Lipinski definition) is 1. The van der Waals surface area contributed by atoms with Gasteiger partial charge in [0, 0.05) is 23.0 Å². The Morgan fingerprint density at radius 1 is 1.03 bits per heavy atom. The second-order valence-electron chi connectivity index (χ2n) is 9.52. The number of nitrogens with two attached hydrogens (primary N) is 1. The fourth-order valence-electron chi connectivity index (χ4n) is 5.09. The minimum Gasteiger partial charge on any atom is -0.497 e. The van der Waals surface area contributed by atoms with Gasteiger partial charge in [0.1, 0.15) is 15.5 Å². The summed E-state index contributed by atoms with van der Waals surface area (Å²) < 4.78 is 5.32. The molecule has 180 valence electrons. The summed E-state index contributed by atoms with van der Waals surface area (Å²) in [5, 5.41) is 0.858. The van der Waals surface area contributed by atoms with E-state index in [4.69, 9.17) is 15.5 Å². The average Bonchev–Trinajstić information content (AvgIpc) is 3.20. The lowest BCUT2D eigenvalue weighted by molar-refractivity contribution is 0.0517. The second kappa shape index (κ2) is 9.34. The first-order valence-electron chi connectivity index (χ1n) is 12.1. The van der Waals surface area contributed by atoms with E-state index in [-0.39, 0.29) is 18.0 Å². The number of carbonyl (C=O) groups is 1. The number of amides is 1. The van der Waals surface area contributed by atoms with Crippen molar-refractivity contribution in [2.45, 2.75) is 52.1 Å². The SMILES string of the molecule is COc1ccc(-c2cc(-c3ccc(C)cc3)c3c(N)c(C(=O)N4[C@@H](C)CCC[C@@H]4C)sc3n2)cc1. The van der Waals surface area contributed by atoms with Crippen molar-refractivity contribution >= 4 is 33.1 Å². The fourth-order valence-corrected chi connectivity index (χ4v) is 6.15. The number of thiophene rings is 1. The molecule has 2 aromatic heterocycles. The molecule has 2 atom stereocenters. The molecule has 0 bridgehead atoms. The van der Waals surface area contributed by atoms with Gasteiger partial charge in [0.25, 0.3) is 5.91 Å². The largest absolute Gasteiger partial charge is 0.497 e. The van der Waals surface area contributed by atoms with Crippen LogP contribution in [0.3, 0.4) is 0 Å². The Morgan fingerprint density at radius 3 is 2.29 bits per heavy atom. The Morgan fingerprint density at radius 2 is 1.66 bits per heavy atom. The first-order valence-corrected chi connectivity index (χ1v) is 13.0. The van der Waals surface area contributed by atoms with E-state index < -0.39 is 0 Å². The minimum atomic E-state index is 0.0195. The number of fused-ring (bicyclic) bond motifs is 1. The topological polar surface area (TPSA) is 68.5 Å². The molecule has 3 heterocycles. The number of nitrogens with zero attached hydrogens (tertiary/aromatic N) is 2. The van der Waals surface area contributed by atoms with Crippen LogP contribution in [0, 0.1) is 6.92 Å². The van der Waals surface area contributed by atoms with Gasteiger partial charge < -0.3 is 15.4 Å². The molecule has 1 aliphatic heterocycles. The lowest BCUT2D eigenvalue weighted by Crippen LogP contribution is -2.47. The number of hydrogen-bond acceptors (Lipinski definition) is 5. The third-order valence-electron chi connectivity index (χ3n) is 7.07. The number of likely N-dealkylation sites (tertiary alicyclic amines) is 1. The van der Waals surface area contributed by atoms with Crippen molar-refractivity contribution < 1.29 is 9.53 Å². The van der Waals surface area contributed by atoms with Crippen molar-refractivity contribution in [3.8, 4) is 28.1 Å². The second-order valence-corrected chi connectivity index (χ2v) is 10.5. The number of carbonyl (C=O) groups excluding carboxylic acids is 1. The van der Waals surface area contributed by atoms with Crippen LogP contribution in [0.25, 0.3) is 32.6 Å². The molecular formula is C29H31N3O2S. The van der Waals surface area contributed by atoms with Crippen LogP contribution >= 0.6 is 11.3 Å². The zero-order chi connectivity index (χ0) is 24.7. The Hall–Kier alpha value is -3.38. The van der Waals surface area contributed by atoms with E-state index in [1.54, 1.807) is 7.11 Å². The summed E-state index contributed by atoms with van der Waals surface area (Å²) in [6, 6.07) is 18.8. The Balaban J connectivity index is 1.69. The monoisotopic (exact) mass is 485 g/mol. The van der Waals surface area contributed by atoms with Gasteiger partial charge in [-0.2, -0.15) is 0 Å². The lowest BCUT2D eigenvalue weighted by Gasteiger charge is -2.38. The van der Waals surface area contributed by atoms with Gasteiger partial charge in [-0.3, -0.25) is 4.79 Å². The van der Waals surface area contributed by atoms with Crippen LogP contribution in [0.2, 0.25) is 0 Å². The van der Waals surface area contributed by atoms with Crippen LogP contribution in [0.5, 0.6) is 5.75 Å². The van der Waals surface area contributed by atoms with Gasteiger partial charge in [-0.25, -0.2) is 4.98 Å². The number of aryl methyl sites for hydroxylation is 1. The van der Waals surface area contributed by atoms with Crippen molar-refractivity contribution in [3.05, 3.63) is 65.0 Å². The zero-order valence-electron chi connectivity index (χ0n) is 20.7. The van der Waals surface area contributed by atoms with Crippen LogP contribution in [-0.4, -0.2) is 35.0 Å². The van der Waals surface area contributed by atoms with Crippen LogP contribution in [0.1, 0.15) is 48.3 Å². The number of pyridine rings is 1. The van der Waals surface area contributed by atoms with Gasteiger partial charge in [-0.1, -0.05) is 29.8 Å². The van der Waals surface area contributed by atoms with Crippen molar-refractivity contribution in [1.82, 2.24) is 9.88 Å². The smallest absolute Gasteiger partial charge is 0.266 e. The van der Waals surface area contributed by atoms with E-state index in [1.807, 2.05) is 29.2 Å². The van der Waals surface area contributed by atoms with E-state index in [1.165, 1.54) is 16.9 Å². The van der Waals surface area contributed by atoms with Gasteiger partial charge in [-0.05, 0) is 81.5 Å². The summed E-state index contributed by atoms with van der Waals surface area (Å²) in [6.07, 6.45) is 3.20. The highest BCUT2D eigenvalue weighted by Crippen LogP contribution is 2.42. The van der Waals surface area contributed by atoms with Gasteiger partial charge in [0.05, 0.1) is 18.5 Å². The molecule has 0 saturated carbocycles. The number of nitrogen functional groups attached to an aromatic ring is 1. The van der Waals surface area contributed by atoms with Crippen molar-refractivity contribution in [1.29, 1.82) is 0 Å². The van der Waals surface area contributed by atoms with Crippen LogP contribution in [0.15, 0.2) is 54.6 Å². The highest BCUT2D eigenvalue weighted by atomic mass is 32.1. The normalized spacial score (nSPS) is 18.1. The summed E-state index contributed by atoms with van der Waals surface area (Å²) >= 11 is 1.41. The number of benzene rings is 2. The molecule has 1 amide bonds. The van der Waals surface area contributed by atoms with Crippen LogP contribution in [-0.2, 0) is 0 Å². The Labute approximate surface area is 210 Å². The first-order chi connectivity index (χ1) is 16.9. The molecular weight excluding hydrogens is 454 g/mol. The number of methoxy groups -OCH3 is 1. The number of anilines is 1. The van der Waals surface area contributed by atoms with Crippen LogP contribution in [0.4, 0.5) is 5.69 Å². The van der Waals surface area contributed by atoms with Gasteiger partial charge >= 0.3 is 0 Å². The fraction of sp³-hybridized carbons (Fsp3) is 0.310. The highest BCUT2D eigenvalue weighted by molar-refractivity contribution is 7.21. The molecule has 4 aromatic rings. The molecule has 1 aliphatic rings. The molecule has 2 aromatic carbocycles. The zero-order valence-corrected chi connectivity index (χ0v) is 21.5. The van der Waals surface area contributed by atoms with E-state index in [9.17, 15) is 4.79 Å². The third kappa shape index (κ3) is 4.27. The van der Waals surface area contributed by atoms with Gasteiger partial charge in [-0.15, -0.1) is 11.3 Å². The van der Waals surface area contributed by atoms with Gasteiger partial charge in [0.15, 0.2) is 0 Å². The van der Waals surface area contributed by atoms with E-state index >= 15 is 0 Å². The van der Waals surface area contributed by atoms with Gasteiger partial charge in [0.2, 0.25) is 0 Å². The first kappa shape index (κ1) is 23.4. The van der Waals surface area contributed by atoms with Crippen molar-refractivity contribution in [3.63, 3.8) is 0 Å². The van der Waals surface area contributed by atoms with Crippen molar-refractivity contribution in [2.75, 3.05) is 12.8 Å². The predicted octanol–water partition coefficient (Wildman–Crippen LogP) is 6.93. The maximum Gasteiger partial charge on any atom is 0.266 e. The maximum absolute atomic E-state index is 13.7. The Bertz CT molecular complexity index is 1370. The quantitative estimate of drug-likeness (QED) is 0.340. The molecule has 1 fully saturated rings. The number of piperidine rings is 1. The number of rotatable bonds is 4. The molecule has 2 N–H and O–H groups in total. The summed E-state index contributed by atoms with van der Waals surface area (Å²) in [6.45, 7) is 6.34. The molecule has 5 nitrogen and oxygen atoms in total. The molecule has 5 rings (SSSR count). The van der Waals surface area contributed by atoms with E-state index in [2.05, 4.69) is 51.1 Å². The molecule has 0 aliphatic carbocycles. The number of aromatic nitrogens is 1. The molecule has 0 spiro atoms. The molecule has 0 unspecified atom stereocenters. The maximum atomic E-state index is 13.7. The highest BCUT2D eigenvalue weighted by Gasteiger charge is 2.32. The third-order valence-corrected chi connectivity index (χ3v) is 8.16. The summed E-state index contributed by atoms with van der Waals surface area (Å²) in [5.74, 6) is 0.817. The van der Waals surface area contributed by atoms with Crippen molar-refractivity contribution in [2.24, 2.45) is 0 Å². The summed E-state index contributed by atoms with van der Waals surface area (Å²) in [4.78, 5) is 22.1. The van der Waals surface area contributed by atoms with E-state index in [0.29, 0.717) is 10.6 Å². The molecule has 1 saturated heterocycles. The van der Waals surface area contributed by atoms with E-state index in [0.717, 1.165) is 57.6 Å². The number of ether oxygens (including phenoxy) is 1. The molecule has 35 heavy (non-hydrogen) atoms.